The Labute approximate surface area is 147 Å². The van der Waals surface area contributed by atoms with Gasteiger partial charge in [0.15, 0.2) is 0 Å². The number of hydrogen-bond acceptors (Lipinski definition) is 2. The summed E-state index contributed by atoms with van der Waals surface area (Å²) >= 11 is 3.46. The molecule has 2 heterocycles. The van der Waals surface area contributed by atoms with Crippen molar-refractivity contribution in [2.75, 3.05) is 19.6 Å². The van der Waals surface area contributed by atoms with Gasteiger partial charge in [0.05, 0.1) is 0 Å². The number of piperidine rings is 1. The molecule has 1 aromatic heterocycles. The number of hydrogen-bond donors (Lipinski definition) is 1. The van der Waals surface area contributed by atoms with Crippen LogP contribution in [0.3, 0.4) is 0 Å². The Morgan fingerprint density at radius 3 is 2.59 bits per heavy atom. The maximum Gasteiger partial charge on any atom is 0.270 e. The van der Waals surface area contributed by atoms with Gasteiger partial charge in [0.2, 0.25) is 0 Å². The van der Waals surface area contributed by atoms with Crippen LogP contribution in [0.4, 0.5) is 0 Å². The van der Waals surface area contributed by atoms with Crippen molar-refractivity contribution >= 4 is 34.2 Å². The predicted molar refractivity (Wildman–Crippen MR) is 94.7 cm³/mol. The molecule has 0 atom stereocenters. The van der Waals surface area contributed by atoms with Gasteiger partial charge in [0.25, 0.3) is 5.91 Å². The van der Waals surface area contributed by atoms with E-state index in [1.54, 1.807) is 0 Å². The number of nitrogens with zero attached hydrogens (tertiary/aromatic N) is 2. The van der Waals surface area contributed by atoms with E-state index in [1.807, 2.05) is 21.7 Å². The summed E-state index contributed by atoms with van der Waals surface area (Å²) in [5, 5.41) is 3.66. The van der Waals surface area contributed by atoms with Gasteiger partial charge in [-0.3, -0.25) is 4.79 Å². The van der Waals surface area contributed by atoms with E-state index in [9.17, 15) is 4.79 Å². The zero-order valence-corrected chi connectivity index (χ0v) is 15.5. The highest BCUT2D eigenvalue weighted by molar-refractivity contribution is 9.10. The number of nitrogens with one attached hydrogen (secondary N) is 1. The number of aryl methyl sites for hydroxylation is 1. The first-order chi connectivity index (χ1) is 10.2. The highest BCUT2D eigenvalue weighted by Crippen LogP contribution is 2.28. The number of likely N-dealkylation sites (tertiary alicyclic amines) is 1. The quantitative estimate of drug-likeness (QED) is 0.837. The summed E-state index contributed by atoms with van der Waals surface area (Å²) in [5.41, 5.74) is 0.800. The van der Waals surface area contributed by atoms with Gasteiger partial charge in [-0.05, 0) is 67.1 Å². The molecule has 1 aliphatic carbocycles. The van der Waals surface area contributed by atoms with Crippen molar-refractivity contribution in [1.82, 2.24) is 14.8 Å². The molecule has 22 heavy (non-hydrogen) atoms. The lowest BCUT2D eigenvalue weighted by Crippen LogP contribution is -2.45. The molecule has 1 aromatic rings. The molecule has 0 bridgehead atoms. The molecular formula is C16H25BrClN3O. The van der Waals surface area contributed by atoms with Crippen LogP contribution in [0.25, 0.3) is 0 Å². The summed E-state index contributed by atoms with van der Waals surface area (Å²) in [6.45, 7) is 5.80. The summed E-state index contributed by atoms with van der Waals surface area (Å²) in [7, 11) is 0. The maximum absolute atomic E-state index is 12.6. The highest BCUT2D eigenvalue weighted by Gasteiger charge is 2.27. The molecule has 0 radical (unpaired) electrons. The molecule has 2 aliphatic rings. The van der Waals surface area contributed by atoms with Crippen LogP contribution >= 0.6 is 28.3 Å². The summed E-state index contributed by atoms with van der Waals surface area (Å²) in [4.78, 5) is 14.6. The topological polar surface area (TPSA) is 37.3 Å². The number of halogens is 2. The summed E-state index contributed by atoms with van der Waals surface area (Å²) in [6.07, 6.45) is 6.93. The molecular weight excluding hydrogens is 366 g/mol. The van der Waals surface area contributed by atoms with E-state index in [0.29, 0.717) is 6.04 Å². The Hall–Kier alpha value is -0.520. The van der Waals surface area contributed by atoms with Gasteiger partial charge in [0.1, 0.15) is 5.69 Å². The molecule has 1 saturated heterocycles. The highest BCUT2D eigenvalue weighted by atomic mass is 79.9. The third-order valence-electron chi connectivity index (χ3n) is 4.60. The Morgan fingerprint density at radius 1 is 1.32 bits per heavy atom. The summed E-state index contributed by atoms with van der Waals surface area (Å²) < 4.78 is 3.00. The molecule has 3 rings (SSSR count). The van der Waals surface area contributed by atoms with E-state index >= 15 is 0 Å². The van der Waals surface area contributed by atoms with Crippen molar-refractivity contribution in [2.45, 2.75) is 45.2 Å². The first-order valence-corrected chi connectivity index (χ1v) is 8.85. The van der Waals surface area contributed by atoms with E-state index in [1.165, 1.54) is 19.4 Å². The molecule has 0 unspecified atom stereocenters. The maximum atomic E-state index is 12.6. The second-order valence-corrected chi connectivity index (χ2v) is 7.16. The van der Waals surface area contributed by atoms with Gasteiger partial charge >= 0.3 is 0 Å². The minimum absolute atomic E-state index is 0. The van der Waals surface area contributed by atoms with Crippen molar-refractivity contribution in [3.05, 3.63) is 22.4 Å². The van der Waals surface area contributed by atoms with E-state index in [-0.39, 0.29) is 18.3 Å². The van der Waals surface area contributed by atoms with Crippen LogP contribution in [0, 0.1) is 5.92 Å². The fourth-order valence-electron chi connectivity index (χ4n) is 3.02. The zero-order valence-electron chi connectivity index (χ0n) is 13.1. The van der Waals surface area contributed by atoms with Gasteiger partial charge in [-0.15, -0.1) is 12.4 Å². The largest absolute Gasteiger partial charge is 0.343 e. The Balaban J connectivity index is 0.00000176. The number of amides is 1. The van der Waals surface area contributed by atoms with E-state index in [0.717, 1.165) is 48.6 Å². The van der Waals surface area contributed by atoms with Gasteiger partial charge in [0, 0.05) is 36.3 Å². The molecule has 124 valence electrons. The molecule has 6 heteroatoms. The molecule has 1 aliphatic heterocycles. The number of carbonyl (C=O) groups excluding carboxylic acids is 1. The van der Waals surface area contributed by atoms with Crippen molar-refractivity contribution < 1.29 is 4.79 Å². The van der Waals surface area contributed by atoms with E-state index < -0.39 is 0 Å². The van der Waals surface area contributed by atoms with Crippen LogP contribution in [-0.4, -0.2) is 41.1 Å². The van der Waals surface area contributed by atoms with Crippen molar-refractivity contribution in [3.8, 4) is 0 Å². The van der Waals surface area contributed by atoms with E-state index in [2.05, 4.69) is 28.2 Å². The fourth-order valence-corrected chi connectivity index (χ4v) is 3.48. The lowest BCUT2D eigenvalue weighted by Gasteiger charge is -2.32. The van der Waals surface area contributed by atoms with Crippen LogP contribution < -0.4 is 5.32 Å². The minimum atomic E-state index is 0. The zero-order chi connectivity index (χ0) is 14.8. The SMILES string of the molecule is CCn1cc(Br)cc1C(=O)N1CCC(NCC2CC2)CC1.Cl. The fraction of sp³-hybridized carbons (Fsp3) is 0.688. The van der Waals surface area contributed by atoms with Crippen molar-refractivity contribution in [3.63, 3.8) is 0 Å². The Morgan fingerprint density at radius 2 is 2.00 bits per heavy atom. The van der Waals surface area contributed by atoms with Crippen molar-refractivity contribution in [1.29, 1.82) is 0 Å². The number of rotatable bonds is 5. The Bertz CT molecular complexity index is 507. The van der Waals surface area contributed by atoms with Gasteiger partial charge < -0.3 is 14.8 Å². The Kier molecular flexibility index (Phi) is 6.36. The van der Waals surface area contributed by atoms with Gasteiger partial charge in [-0.1, -0.05) is 0 Å². The van der Waals surface area contributed by atoms with Crippen LogP contribution in [0.1, 0.15) is 43.1 Å². The second kappa shape index (κ2) is 7.84. The first-order valence-electron chi connectivity index (χ1n) is 8.05. The van der Waals surface area contributed by atoms with Crippen molar-refractivity contribution in [2.24, 2.45) is 5.92 Å². The molecule has 0 aromatic carbocycles. The van der Waals surface area contributed by atoms with Gasteiger partial charge in [-0.25, -0.2) is 0 Å². The summed E-state index contributed by atoms with van der Waals surface area (Å²) in [5.74, 6) is 1.10. The lowest BCUT2D eigenvalue weighted by molar-refractivity contribution is 0.0694. The third kappa shape index (κ3) is 4.27. The molecule has 4 nitrogen and oxygen atoms in total. The van der Waals surface area contributed by atoms with Crippen LogP contribution in [0.15, 0.2) is 16.7 Å². The van der Waals surface area contributed by atoms with E-state index in [4.69, 9.17) is 0 Å². The smallest absolute Gasteiger partial charge is 0.270 e. The molecule has 2 fully saturated rings. The normalized spacial score (nSPS) is 19.1. The average molecular weight is 391 g/mol. The third-order valence-corrected chi connectivity index (χ3v) is 5.03. The standard InChI is InChI=1S/C16H24BrN3O.ClH/c1-2-19-11-13(17)9-15(19)16(21)20-7-5-14(6-8-20)18-10-12-3-4-12;/h9,11-12,14,18H,2-8,10H2,1H3;1H. The summed E-state index contributed by atoms with van der Waals surface area (Å²) in [6, 6.07) is 2.53. The number of aromatic nitrogens is 1. The monoisotopic (exact) mass is 389 g/mol. The molecule has 1 N–H and O–H groups in total. The lowest BCUT2D eigenvalue weighted by atomic mass is 10.0. The molecule has 1 amide bonds. The minimum Gasteiger partial charge on any atom is -0.343 e. The van der Waals surface area contributed by atoms with Crippen LogP contribution in [0.5, 0.6) is 0 Å². The van der Waals surface area contributed by atoms with Gasteiger partial charge in [-0.2, -0.15) is 0 Å². The molecule has 1 saturated carbocycles. The first kappa shape index (κ1) is 17.8. The second-order valence-electron chi connectivity index (χ2n) is 6.25. The number of carbonyl (C=O) groups is 1. The van der Waals surface area contributed by atoms with Crippen LogP contribution in [0.2, 0.25) is 0 Å². The molecule has 0 spiro atoms. The van der Waals surface area contributed by atoms with Crippen LogP contribution in [-0.2, 0) is 6.54 Å². The average Bonchev–Trinajstić information content (AvgIpc) is 3.26. The predicted octanol–water partition coefficient (Wildman–Crippen LogP) is 3.30.